The van der Waals surface area contributed by atoms with E-state index < -0.39 is 0 Å². The van der Waals surface area contributed by atoms with Crippen molar-refractivity contribution >= 4 is 10.9 Å². The van der Waals surface area contributed by atoms with Crippen molar-refractivity contribution in [2.45, 2.75) is 39.0 Å². The highest BCUT2D eigenvalue weighted by molar-refractivity contribution is 5.80. The van der Waals surface area contributed by atoms with E-state index in [-0.39, 0.29) is 0 Å². The van der Waals surface area contributed by atoms with Crippen molar-refractivity contribution in [3.8, 4) is 0 Å². The van der Waals surface area contributed by atoms with Gasteiger partial charge < -0.3 is 4.52 Å². The third kappa shape index (κ3) is 2.38. The number of unbranched alkanes of at least 4 members (excludes halogenated alkanes) is 3. The monoisotopic (exact) mass is 203 g/mol. The van der Waals surface area contributed by atoms with Crippen LogP contribution in [0.25, 0.3) is 10.9 Å². The highest BCUT2D eigenvalue weighted by Crippen LogP contribution is 2.19. The predicted molar refractivity (Wildman–Crippen MR) is 61.9 cm³/mol. The number of nitrogens with zero attached hydrogens (tertiary/aromatic N) is 1. The van der Waals surface area contributed by atoms with E-state index in [0.29, 0.717) is 0 Å². The largest absolute Gasteiger partial charge is 0.363 e. The Balaban J connectivity index is 2.04. The van der Waals surface area contributed by atoms with Crippen LogP contribution in [0.5, 0.6) is 0 Å². The second-order valence-electron chi connectivity index (χ2n) is 3.98. The normalized spacial score (nSPS) is 11.0. The Morgan fingerprint density at radius 1 is 1.20 bits per heavy atom. The fraction of sp³-hybridized carbons (Fsp3) is 0.462. The summed E-state index contributed by atoms with van der Waals surface area (Å²) in [5.41, 5.74) is 2.34. The van der Waals surface area contributed by atoms with Gasteiger partial charge in [0.2, 0.25) is 0 Å². The first-order valence-corrected chi connectivity index (χ1v) is 5.74. The van der Waals surface area contributed by atoms with E-state index in [1.807, 2.05) is 6.07 Å². The molecule has 0 N–H and O–H groups in total. The lowest BCUT2D eigenvalue weighted by atomic mass is 10.0. The highest BCUT2D eigenvalue weighted by Gasteiger charge is 2.03. The second-order valence-corrected chi connectivity index (χ2v) is 3.98. The Labute approximate surface area is 90.3 Å². The number of fused-ring (bicyclic) bond motifs is 1. The number of benzene rings is 1. The summed E-state index contributed by atoms with van der Waals surface area (Å²) < 4.78 is 4.98. The van der Waals surface area contributed by atoms with Crippen molar-refractivity contribution in [3.05, 3.63) is 30.0 Å². The summed E-state index contributed by atoms with van der Waals surface area (Å²) in [7, 11) is 0. The van der Waals surface area contributed by atoms with Crippen molar-refractivity contribution in [3.63, 3.8) is 0 Å². The topological polar surface area (TPSA) is 26.0 Å². The molecule has 2 nitrogen and oxygen atoms in total. The highest BCUT2D eigenvalue weighted by atomic mass is 16.5. The van der Waals surface area contributed by atoms with Crippen LogP contribution in [-0.4, -0.2) is 5.16 Å². The minimum absolute atomic E-state index is 0.975. The van der Waals surface area contributed by atoms with Crippen LogP contribution in [-0.2, 0) is 6.42 Å². The predicted octanol–water partition coefficient (Wildman–Crippen LogP) is 3.95. The maximum absolute atomic E-state index is 4.98. The van der Waals surface area contributed by atoms with Crippen LogP contribution in [0.3, 0.4) is 0 Å². The van der Waals surface area contributed by atoms with Crippen molar-refractivity contribution in [2.75, 3.05) is 0 Å². The molecule has 0 radical (unpaired) electrons. The molecule has 2 heteroatoms. The van der Waals surface area contributed by atoms with Crippen LogP contribution in [0.1, 0.15) is 38.2 Å². The molecule has 2 rings (SSSR count). The minimum atomic E-state index is 0.975. The number of aryl methyl sites for hydroxylation is 1. The number of hydrogen-bond donors (Lipinski definition) is 0. The van der Waals surface area contributed by atoms with E-state index in [1.165, 1.54) is 36.6 Å². The quantitative estimate of drug-likeness (QED) is 0.688. The van der Waals surface area contributed by atoms with Crippen LogP contribution in [0, 0.1) is 0 Å². The molecule has 80 valence electrons. The molecule has 0 atom stereocenters. The summed E-state index contributed by atoms with van der Waals surface area (Å²) in [6.07, 6.45) is 8.09. The molecule has 2 aromatic rings. The lowest BCUT2D eigenvalue weighted by Crippen LogP contribution is -1.86. The van der Waals surface area contributed by atoms with Gasteiger partial charge in [0.1, 0.15) is 11.8 Å². The molecule has 15 heavy (non-hydrogen) atoms. The molecule has 0 spiro atoms. The molecule has 0 aliphatic heterocycles. The van der Waals surface area contributed by atoms with Gasteiger partial charge in [0.05, 0.1) is 0 Å². The standard InChI is InChI=1S/C13H17NO/c1-2-3-4-5-7-11-8-6-9-13-12(11)10-15-14-13/h6,8-10H,2-5,7H2,1H3. The molecule has 1 aromatic heterocycles. The maximum Gasteiger partial charge on any atom is 0.131 e. The van der Waals surface area contributed by atoms with Gasteiger partial charge in [-0.15, -0.1) is 0 Å². The van der Waals surface area contributed by atoms with Crippen LogP contribution >= 0.6 is 0 Å². The van der Waals surface area contributed by atoms with Gasteiger partial charge in [0, 0.05) is 5.39 Å². The molecule has 0 fully saturated rings. The minimum Gasteiger partial charge on any atom is -0.363 e. The zero-order valence-electron chi connectivity index (χ0n) is 9.20. The molecule has 0 amide bonds. The molecule has 1 aromatic carbocycles. The number of hydrogen-bond acceptors (Lipinski definition) is 2. The molecular weight excluding hydrogens is 186 g/mol. The van der Waals surface area contributed by atoms with Gasteiger partial charge in [-0.3, -0.25) is 0 Å². The molecule has 0 unspecified atom stereocenters. The van der Waals surface area contributed by atoms with Crippen molar-refractivity contribution in [2.24, 2.45) is 0 Å². The summed E-state index contributed by atoms with van der Waals surface area (Å²) in [6.45, 7) is 2.24. The van der Waals surface area contributed by atoms with E-state index in [2.05, 4.69) is 24.2 Å². The Morgan fingerprint density at radius 2 is 2.13 bits per heavy atom. The first kappa shape index (κ1) is 10.2. The summed E-state index contributed by atoms with van der Waals surface area (Å²) >= 11 is 0. The Kier molecular flexibility index (Phi) is 3.38. The number of aromatic nitrogens is 1. The van der Waals surface area contributed by atoms with Gasteiger partial charge >= 0.3 is 0 Å². The first-order valence-electron chi connectivity index (χ1n) is 5.74. The molecule has 1 heterocycles. The van der Waals surface area contributed by atoms with Gasteiger partial charge in [-0.1, -0.05) is 43.5 Å². The maximum atomic E-state index is 4.98. The summed E-state index contributed by atoms with van der Waals surface area (Å²) in [6, 6.07) is 6.22. The Morgan fingerprint density at radius 3 is 3.00 bits per heavy atom. The lowest BCUT2D eigenvalue weighted by Gasteiger charge is -2.01. The number of rotatable bonds is 5. The zero-order valence-corrected chi connectivity index (χ0v) is 9.20. The second kappa shape index (κ2) is 4.96. The van der Waals surface area contributed by atoms with Gasteiger partial charge in [0.15, 0.2) is 0 Å². The smallest absolute Gasteiger partial charge is 0.131 e. The summed E-state index contributed by atoms with van der Waals surface area (Å²) in [4.78, 5) is 0. The van der Waals surface area contributed by atoms with E-state index in [9.17, 15) is 0 Å². The van der Waals surface area contributed by atoms with Gasteiger partial charge in [-0.05, 0) is 24.5 Å². The Hall–Kier alpha value is -1.31. The van der Waals surface area contributed by atoms with Crippen molar-refractivity contribution in [1.29, 1.82) is 0 Å². The third-order valence-corrected chi connectivity index (χ3v) is 2.79. The summed E-state index contributed by atoms with van der Waals surface area (Å²) in [5.74, 6) is 0. The molecule has 0 saturated carbocycles. The van der Waals surface area contributed by atoms with Crippen LogP contribution in [0.15, 0.2) is 29.0 Å². The van der Waals surface area contributed by atoms with E-state index in [1.54, 1.807) is 6.26 Å². The molecule has 0 saturated heterocycles. The third-order valence-electron chi connectivity index (χ3n) is 2.79. The molecule has 0 bridgehead atoms. The fourth-order valence-corrected chi connectivity index (χ4v) is 1.91. The van der Waals surface area contributed by atoms with Crippen molar-refractivity contribution in [1.82, 2.24) is 5.16 Å². The van der Waals surface area contributed by atoms with Crippen molar-refractivity contribution < 1.29 is 4.52 Å². The lowest BCUT2D eigenvalue weighted by molar-refractivity contribution is 0.428. The first-order chi connectivity index (χ1) is 7.42. The van der Waals surface area contributed by atoms with E-state index in [4.69, 9.17) is 4.52 Å². The van der Waals surface area contributed by atoms with Gasteiger partial charge in [0.25, 0.3) is 0 Å². The van der Waals surface area contributed by atoms with E-state index in [0.717, 1.165) is 11.9 Å². The van der Waals surface area contributed by atoms with Crippen LogP contribution in [0.2, 0.25) is 0 Å². The average Bonchev–Trinajstić information content (AvgIpc) is 2.73. The fourth-order valence-electron chi connectivity index (χ4n) is 1.91. The Bertz CT molecular complexity index is 419. The van der Waals surface area contributed by atoms with E-state index >= 15 is 0 Å². The molecule has 0 aliphatic rings. The van der Waals surface area contributed by atoms with Crippen LogP contribution < -0.4 is 0 Å². The SMILES string of the molecule is CCCCCCc1cccc2nocc12. The molecule has 0 aliphatic carbocycles. The van der Waals surface area contributed by atoms with Crippen LogP contribution in [0.4, 0.5) is 0 Å². The zero-order chi connectivity index (χ0) is 10.5. The van der Waals surface area contributed by atoms with Gasteiger partial charge in [-0.2, -0.15) is 0 Å². The average molecular weight is 203 g/mol. The summed E-state index contributed by atoms with van der Waals surface area (Å²) in [5, 5.41) is 5.12. The molecular formula is C13H17NO. The van der Waals surface area contributed by atoms with Gasteiger partial charge in [-0.25, -0.2) is 0 Å².